The van der Waals surface area contributed by atoms with E-state index in [2.05, 4.69) is 6.08 Å². The molecule has 34 heavy (non-hydrogen) atoms. The van der Waals surface area contributed by atoms with Crippen LogP contribution in [0.15, 0.2) is 48.5 Å². The highest BCUT2D eigenvalue weighted by Gasteiger charge is 2.29. The van der Waals surface area contributed by atoms with Crippen molar-refractivity contribution in [1.29, 1.82) is 0 Å². The minimum Gasteiger partial charge on any atom is -0.351 e. The third-order valence-electron chi connectivity index (χ3n) is 6.71. The first-order valence-electron chi connectivity index (χ1n) is 11.7. The number of hydrogen-bond donors (Lipinski definition) is 1. The van der Waals surface area contributed by atoms with E-state index in [1.807, 2.05) is 53.4 Å². The number of carbonyl (C=O) groups is 2. The molecule has 2 aromatic carbocycles. The van der Waals surface area contributed by atoms with Crippen LogP contribution in [0.5, 0.6) is 0 Å². The molecule has 1 aliphatic carbocycles. The van der Waals surface area contributed by atoms with Crippen LogP contribution in [-0.4, -0.2) is 52.9 Å². The highest BCUT2D eigenvalue weighted by molar-refractivity contribution is 6.32. The molecular weight excluding hydrogens is 448 g/mol. The van der Waals surface area contributed by atoms with Crippen molar-refractivity contribution in [3.05, 3.63) is 75.9 Å². The summed E-state index contributed by atoms with van der Waals surface area (Å²) in [5.41, 5.74) is 11.0. The zero-order chi connectivity index (χ0) is 23.7. The summed E-state index contributed by atoms with van der Waals surface area (Å²) in [6, 6.07) is 15.2. The molecule has 0 saturated carbocycles. The Labute approximate surface area is 204 Å². The number of amides is 3. The van der Waals surface area contributed by atoms with E-state index in [0.29, 0.717) is 37.6 Å². The molecule has 5 rings (SSSR count). The lowest BCUT2D eigenvalue weighted by atomic mass is 9.85. The summed E-state index contributed by atoms with van der Waals surface area (Å²) in [5.74, 6) is 0.000152. The molecule has 1 aromatic heterocycles. The quantitative estimate of drug-likeness (QED) is 0.568. The number of benzene rings is 2. The van der Waals surface area contributed by atoms with E-state index in [1.165, 1.54) is 0 Å². The number of para-hydroxylation sites is 1. The lowest BCUT2D eigenvalue weighted by Gasteiger charge is -2.27. The minimum absolute atomic E-state index is 0.000152. The first-order valence-corrected chi connectivity index (χ1v) is 12.1. The van der Waals surface area contributed by atoms with Crippen LogP contribution in [0.2, 0.25) is 5.02 Å². The molecule has 0 radical (unpaired) electrons. The van der Waals surface area contributed by atoms with Gasteiger partial charge in [-0.15, -0.1) is 0 Å². The minimum atomic E-state index is -0.435. The fourth-order valence-electron chi connectivity index (χ4n) is 5.00. The number of primary amides is 1. The summed E-state index contributed by atoms with van der Waals surface area (Å²) >= 11 is 6.44. The molecule has 6 nitrogen and oxygen atoms in total. The van der Waals surface area contributed by atoms with Gasteiger partial charge in [-0.2, -0.15) is 0 Å². The molecule has 7 heteroatoms. The average molecular weight is 475 g/mol. The summed E-state index contributed by atoms with van der Waals surface area (Å²) in [7, 11) is 0. The number of aromatic nitrogens is 1. The van der Waals surface area contributed by atoms with Gasteiger partial charge >= 0.3 is 6.03 Å². The number of hydrogen-bond acceptors (Lipinski definition) is 3. The molecule has 0 atom stereocenters. The Morgan fingerprint density at radius 3 is 2.47 bits per heavy atom. The van der Waals surface area contributed by atoms with Gasteiger partial charge in [-0.25, -0.2) is 9.78 Å². The Bertz CT molecular complexity index is 1300. The van der Waals surface area contributed by atoms with Crippen LogP contribution < -0.4 is 5.73 Å². The molecule has 174 valence electrons. The second kappa shape index (κ2) is 9.47. The van der Waals surface area contributed by atoms with Crippen molar-refractivity contribution in [3.8, 4) is 0 Å². The van der Waals surface area contributed by atoms with Crippen molar-refractivity contribution >= 4 is 46.1 Å². The first-order chi connectivity index (χ1) is 16.5. The number of rotatable bonds is 2. The molecule has 3 amide bonds. The normalized spacial score (nSPS) is 17.5. The fraction of sp³-hybridized carbons (Fsp3) is 0.296. The summed E-state index contributed by atoms with van der Waals surface area (Å²) < 4.78 is 0. The highest BCUT2D eigenvalue weighted by Crippen LogP contribution is 2.37. The Kier molecular flexibility index (Phi) is 6.24. The molecule has 1 saturated heterocycles. The van der Waals surface area contributed by atoms with E-state index in [1.54, 1.807) is 4.90 Å². The van der Waals surface area contributed by atoms with Crippen LogP contribution >= 0.6 is 11.6 Å². The van der Waals surface area contributed by atoms with Crippen LogP contribution in [0.1, 0.15) is 46.4 Å². The Morgan fingerprint density at radius 2 is 1.65 bits per heavy atom. The van der Waals surface area contributed by atoms with Gasteiger partial charge in [0, 0.05) is 36.6 Å². The Hall–Kier alpha value is -3.38. The molecular formula is C27H27ClN4O2. The lowest BCUT2D eigenvalue weighted by Crippen LogP contribution is -2.40. The van der Waals surface area contributed by atoms with Crippen molar-refractivity contribution in [3.63, 3.8) is 0 Å². The average Bonchev–Trinajstić information content (AvgIpc) is 3.11. The van der Waals surface area contributed by atoms with E-state index in [4.69, 9.17) is 22.3 Å². The molecule has 2 heterocycles. The summed E-state index contributed by atoms with van der Waals surface area (Å²) in [6.07, 6.45) is 5.44. The molecule has 0 unspecified atom stereocenters. The van der Waals surface area contributed by atoms with E-state index in [9.17, 15) is 9.59 Å². The lowest BCUT2D eigenvalue weighted by molar-refractivity contribution is 0.0763. The van der Waals surface area contributed by atoms with Gasteiger partial charge in [0.05, 0.1) is 16.8 Å². The smallest absolute Gasteiger partial charge is 0.314 e. The van der Waals surface area contributed by atoms with Crippen molar-refractivity contribution < 1.29 is 9.59 Å². The van der Waals surface area contributed by atoms with Crippen LogP contribution in [-0.2, 0) is 6.42 Å². The third-order valence-corrected chi connectivity index (χ3v) is 7.06. The van der Waals surface area contributed by atoms with Crippen molar-refractivity contribution in [2.24, 2.45) is 5.73 Å². The van der Waals surface area contributed by atoms with Gasteiger partial charge in [0.25, 0.3) is 5.91 Å². The molecule has 1 fully saturated rings. The van der Waals surface area contributed by atoms with E-state index in [-0.39, 0.29) is 5.91 Å². The Morgan fingerprint density at radius 1 is 0.912 bits per heavy atom. The highest BCUT2D eigenvalue weighted by atomic mass is 35.5. The van der Waals surface area contributed by atoms with Crippen LogP contribution in [0.25, 0.3) is 22.6 Å². The number of nitrogens with zero attached hydrogens (tertiary/aromatic N) is 3. The maximum atomic E-state index is 14.0. The van der Waals surface area contributed by atoms with Crippen LogP contribution in [0.3, 0.4) is 0 Å². The fourth-order valence-corrected chi connectivity index (χ4v) is 5.19. The number of urea groups is 1. The molecule has 0 spiro atoms. The van der Waals surface area contributed by atoms with E-state index >= 15 is 0 Å². The predicted molar refractivity (Wildman–Crippen MR) is 136 cm³/mol. The zero-order valence-corrected chi connectivity index (χ0v) is 19.7. The number of halogens is 1. The number of pyridine rings is 1. The molecule has 2 N–H and O–H groups in total. The van der Waals surface area contributed by atoms with Gasteiger partial charge in [-0.05, 0) is 60.6 Å². The maximum Gasteiger partial charge on any atom is 0.314 e. The maximum absolute atomic E-state index is 14.0. The Balaban J connectivity index is 1.61. The second-order valence-electron chi connectivity index (χ2n) is 8.85. The van der Waals surface area contributed by atoms with Crippen LogP contribution in [0.4, 0.5) is 4.79 Å². The largest absolute Gasteiger partial charge is 0.351 e. The van der Waals surface area contributed by atoms with E-state index in [0.717, 1.165) is 58.1 Å². The summed E-state index contributed by atoms with van der Waals surface area (Å²) in [6.45, 7) is 2.08. The van der Waals surface area contributed by atoms with Crippen molar-refractivity contribution in [2.75, 3.05) is 26.2 Å². The van der Waals surface area contributed by atoms with Gasteiger partial charge in [0.2, 0.25) is 0 Å². The molecule has 2 aliphatic rings. The van der Waals surface area contributed by atoms with Crippen molar-refractivity contribution in [1.82, 2.24) is 14.8 Å². The molecule has 0 bridgehead atoms. The van der Waals surface area contributed by atoms with Gasteiger partial charge in [-0.1, -0.05) is 48.0 Å². The zero-order valence-electron chi connectivity index (χ0n) is 19.0. The number of fused-ring (bicyclic) bond motifs is 2. The SMILES string of the molecule is NC(=O)N1CCCN(C(=O)c2c3c(nc4ccccc24)/C(=C\c2ccccc2Cl)CCC3)CC1. The van der Waals surface area contributed by atoms with E-state index < -0.39 is 6.03 Å². The summed E-state index contributed by atoms with van der Waals surface area (Å²) in [4.78, 5) is 34.1. The second-order valence-corrected chi connectivity index (χ2v) is 9.25. The van der Waals surface area contributed by atoms with Crippen LogP contribution in [0, 0.1) is 0 Å². The monoisotopic (exact) mass is 474 g/mol. The third kappa shape index (κ3) is 4.26. The van der Waals surface area contributed by atoms with Gasteiger partial charge in [0.1, 0.15) is 0 Å². The summed E-state index contributed by atoms with van der Waals surface area (Å²) in [5, 5.41) is 1.57. The van der Waals surface area contributed by atoms with Crippen molar-refractivity contribution in [2.45, 2.75) is 25.7 Å². The van der Waals surface area contributed by atoms with Gasteiger partial charge in [0.15, 0.2) is 0 Å². The number of allylic oxidation sites excluding steroid dienone is 1. The number of carbonyl (C=O) groups excluding carboxylic acids is 2. The molecule has 1 aliphatic heterocycles. The predicted octanol–water partition coefficient (Wildman–Crippen LogP) is 4.99. The topological polar surface area (TPSA) is 79.5 Å². The standard InChI is InChI=1S/C27H27ClN4O2/c28-22-11-3-1-7-18(22)17-19-8-5-10-21-24(20-9-2-4-12-23(20)30-25(19)21)26(33)31-13-6-14-32(16-15-31)27(29)34/h1-4,7,9,11-12,17H,5-6,8,10,13-16H2,(H2,29,34)/b19-17-. The van der Waals surface area contributed by atoms with Gasteiger partial charge < -0.3 is 15.5 Å². The molecule has 3 aromatic rings. The van der Waals surface area contributed by atoms with Gasteiger partial charge in [-0.3, -0.25) is 4.79 Å². The first kappa shape index (κ1) is 22.4. The number of nitrogens with two attached hydrogens (primary N) is 1.